The summed E-state index contributed by atoms with van der Waals surface area (Å²) in [6.07, 6.45) is 2.11. The lowest BCUT2D eigenvalue weighted by Gasteiger charge is -2.35. The first-order valence-corrected chi connectivity index (χ1v) is 8.09. The van der Waals surface area contributed by atoms with E-state index in [9.17, 15) is 5.11 Å². The number of halogens is 1. The predicted octanol–water partition coefficient (Wildman–Crippen LogP) is 3.47. The van der Waals surface area contributed by atoms with Crippen molar-refractivity contribution in [1.29, 1.82) is 0 Å². The SMILES string of the molecule is CCCNC(CCN(C)C(C)(C)CO)c1ccc(Cl)cc1. The van der Waals surface area contributed by atoms with Gasteiger partial charge < -0.3 is 10.4 Å². The fourth-order valence-electron chi connectivity index (χ4n) is 2.15. The highest BCUT2D eigenvalue weighted by Gasteiger charge is 2.23. The van der Waals surface area contributed by atoms with Crippen LogP contribution in [0.1, 0.15) is 45.2 Å². The second-order valence-electron chi connectivity index (χ2n) is 6.24. The lowest BCUT2D eigenvalue weighted by molar-refractivity contribution is 0.0758. The molecule has 120 valence electrons. The molecule has 1 aromatic rings. The van der Waals surface area contributed by atoms with Crippen LogP contribution in [0.4, 0.5) is 0 Å². The monoisotopic (exact) mass is 312 g/mol. The molecular formula is C17H29ClN2O. The number of likely N-dealkylation sites (N-methyl/N-ethyl adjacent to an activating group) is 1. The second-order valence-corrected chi connectivity index (χ2v) is 6.68. The maximum atomic E-state index is 9.45. The normalized spacial score (nSPS) is 13.7. The van der Waals surface area contributed by atoms with E-state index in [0.717, 1.165) is 31.0 Å². The third-order valence-corrected chi connectivity index (χ3v) is 4.34. The highest BCUT2D eigenvalue weighted by molar-refractivity contribution is 6.30. The van der Waals surface area contributed by atoms with E-state index < -0.39 is 0 Å². The van der Waals surface area contributed by atoms with Crippen LogP contribution in [0.3, 0.4) is 0 Å². The molecule has 0 radical (unpaired) electrons. The molecule has 1 atom stereocenters. The van der Waals surface area contributed by atoms with Crippen molar-refractivity contribution in [3.8, 4) is 0 Å². The molecule has 1 rings (SSSR count). The quantitative estimate of drug-likeness (QED) is 0.733. The van der Waals surface area contributed by atoms with Gasteiger partial charge in [-0.25, -0.2) is 0 Å². The van der Waals surface area contributed by atoms with Gasteiger partial charge in [0.05, 0.1) is 6.61 Å². The minimum absolute atomic E-state index is 0.164. The van der Waals surface area contributed by atoms with Crippen molar-refractivity contribution in [2.75, 3.05) is 26.7 Å². The van der Waals surface area contributed by atoms with Crippen LogP contribution in [0.2, 0.25) is 5.02 Å². The van der Waals surface area contributed by atoms with Crippen molar-refractivity contribution in [2.45, 2.75) is 45.2 Å². The Balaban J connectivity index is 2.68. The molecule has 0 aromatic heterocycles. The molecule has 0 aliphatic carbocycles. The maximum absolute atomic E-state index is 9.45. The van der Waals surface area contributed by atoms with Crippen molar-refractivity contribution >= 4 is 11.6 Å². The summed E-state index contributed by atoms with van der Waals surface area (Å²) in [5.41, 5.74) is 1.08. The Bertz CT molecular complexity index is 406. The highest BCUT2D eigenvalue weighted by atomic mass is 35.5. The number of rotatable bonds is 9. The molecule has 0 saturated heterocycles. The maximum Gasteiger partial charge on any atom is 0.0609 e. The standard InChI is InChI=1S/C17H29ClN2O/c1-5-11-19-16(14-6-8-15(18)9-7-14)10-12-20(4)17(2,3)13-21/h6-9,16,19,21H,5,10-13H2,1-4H3. The first kappa shape index (κ1) is 18.4. The molecule has 0 heterocycles. The number of nitrogens with zero attached hydrogens (tertiary/aromatic N) is 1. The number of hydrogen-bond acceptors (Lipinski definition) is 3. The highest BCUT2D eigenvalue weighted by Crippen LogP contribution is 2.21. The molecule has 1 unspecified atom stereocenters. The van der Waals surface area contributed by atoms with Crippen molar-refractivity contribution < 1.29 is 5.11 Å². The van der Waals surface area contributed by atoms with Crippen LogP contribution >= 0.6 is 11.6 Å². The van der Waals surface area contributed by atoms with Gasteiger partial charge in [0, 0.05) is 23.1 Å². The average molecular weight is 313 g/mol. The van der Waals surface area contributed by atoms with Crippen molar-refractivity contribution in [3.63, 3.8) is 0 Å². The third-order valence-electron chi connectivity index (χ3n) is 4.09. The van der Waals surface area contributed by atoms with Crippen molar-refractivity contribution in [1.82, 2.24) is 10.2 Å². The molecule has 0 aliphatic rings. The first-order chi connectivity index (χ1) is 9.90. The first-order valence-electron chi connectivity index (χ1n) is 7.71. The smallest absolute Gasteiger partial charge is 0.0609 e. The number of aliphatic hydroxyl groups excluding tert-OH is 1. The van der Waals surface area contributed by atoms with Gasteiger partial charge in [-0.3, -0.25) is 4.90 Å². The Labute approximate surface area is 134 Å². The minimum Gasteiger partial charge on any atom is -0.394 e. The van der Waals surface area contributed by atoms with Crippen LogP contribution in [0.5, 0.6) is 0 Å². The zero-order valence-corrected chi connectivity index (χ0v) is 14.5. The molecule has 0 bridgehead atoms. The summed E-state index contributed by atoms with van der Waals surface area (Å²) < 4.78 is 0. The van der Waals surface area contributed by atoms with E-state index >= 15 is 0 Å². The predicted molar refractivity (Wildman–Crippen MR) is 90.9 cm³/mol. The average Bonchev–Trinajstić information content (AvgIpc) is 2.48. The van der Waals surface area contributed by atoms with Crippen molar-refractivity contribution in [2.24, 2.45) is 0 Å². The lowest BCUT2D eigenvalue weighted by Crippen LogP contribution is -2.45. The summed E-state index contributed by atoms with van der Waals surface area (Å²) in [4.78, 5) is 2.21. The van der Waals surface area contributed by atoms with Crippen LogP contribution in [-0.2, 0) is 0 Å². The van der Waals surface area contributed by atoms with E-state index in [1.165, 1.54) is 5.56 Å². The Morgan fingerprint density at radius 2 is 1.90 bits per heavy atom. The van der Waals surface area contributed by atoms with E-state index in [2.05, 4.69) is 50.2 Å². The summed E-state index contributed by atoms with van der Waals surface area (Å²) in [6, 6.07) is 8.39. The third kappa shape index (κ3) is 5.95. The van der Waals surface area contributed by atoms with E-state index in [-0.39, 0.29) is 12.1 Å². The summed E-state index contributed by atoms with van der Waals surface area (Å²) in [6.45, 7) is 8.38. The van der Waals surface area contributed by atoms with Gasteiger partial charge in [0.25, 0.3) is 0 Å². The van der Waals surface area contributed by atoms with Crippen LogP contribution in [-0.4, -0.2) is 42.3 Å². The Kier molecular flexibility index (Phi) is 7.67. The molecule has 0 fully saturated rings. The van der Waals surface area contributed by atoms with Gasteiger partial charge in [-0.2, -0.15) is 0 Å². The molecule has 4 heteroatoms. The second kappa shape index (κ2) is 8.74. The van der Waals surface area contributed by atoms with Gasteiger partial charge in [-0.1, -0.05) is 30.7 Å². The lowest BCUT2D eigenvalue weighted by atomic mass is 10.0. The molecule has 0 saturated carbocycles. The van der Waals surface area contributed by atoms with Crippen LogP contribution < -0.4 is 5.32 Å². The largest absolute Gasteiger partial charge is 0.394 e. The summed E-state index contributed by atoms with van der Waals surface area (Å²) >= 11 is 5.97. The van der Waals surface area contributed by atoms with Crippen LogP contribution in [0, 0.1) is 0 Å². The number of nitrogens with one attached hydrogen (secondary N) is 1. The summed E-state index contributed by atoms with van der Waals surface area (Å²) in [5, 5.41) is 13.8. The Morgan fingerprint density at radius 1 is 1.29 bits per heavy atom. The molecule has 21 heavy (non-hydrogen) atoms. The number of aliphatic hydroxyl groups is 1. The summed E-state index contributed by atoms with van der Waals surface area (Å²) in [5.74, 6) is 0. The topological polar surface area (TPSA) is 35.5 Å². The molecule has 3 nitrogen and oxygen atoms in total. The van der Waals surface area contributed by atoms with E-state index in [1.807, 2.05) is 12.1 Å². The molecule has 0 aliphatic heterocycles. The molecule has 1 aromatic carbocycles. The number of hydrogen-bond donors (Lipinski definition) is 2. The van der Waals surface area contributed by atoms with Gasteiger partial charge in [-0.05, 0) is 58.0 Å². The van der Waals surface area contributed by atoms with E-state index in [4.69, 9.17) is 11.6 Å². The van der Waals surface area contributed by atoms with Gasteiger partial charge >= 0.3 is 0 Å². The fraction of sp³-hybridized carbons (Fsp3) is 0.647. The van der Waals surface area contributed by atoms with Crippen LogP contribution in [0.15, 0.2) is 24.3 Å². The fourth-order valence-corrected chi connectivity index (χ4v) is 2.27. The molecule has 2 N–H and O–H groups in total. The molecule has 0 amide bonds. The summed E-state index contributed by atoms with van der Waals surface area (Å²) in [7, 11) is 2.06. The van der Waals surface area contributed by atoms with Gasteiger partial charge in [0.15, 0.2) is 0 Å². The van der Waals surface area contributed by atoms with Gasteiger partial charge in [0.2, 0.25) is 0 Å². The Hall–Kier alpha value is -0.610. The van der Waals surface area contributed by atoms with Crippen LogP contribution in [0.25, 0.3) is 0 Å². The van der Waals surface area contributed by atoms with E-state index in [1.54, 1.807) is 0 Å². The Morgan fingerprint density at radius 3 is 2.43 bits per heavy atom. The molecule has 0 spiro atoms. The molecular weight excluding hydrogens is 284 g/mol. The van der Waals surface area contributed by atoms with E-state index in [0.29, 0.717) is 6.04 Å². The van der Waals surface area contributed by atoms with Gasteiger partial charge in [0.1, 0.15) is 0 Å². The minimum atomic E-state index is -0.185. The zero-order chi connectivity index (χ0) is 15.9. The number of benzene rings is 1. The zero-order valence-electron chi connectivity index (χ0n) is 13.7. The van der Waals surface area contributed by atoms with Crippen molar-refractivity contribution in [3.05, 3.63) is 34.9 Å². The van der Waals surface area contributed by atoms with Gasteiger partial charge in [-0.15, -0.1) is 0 Å².